The lowest BCUT2D eigenvalue weighted by molar-refractivity contribution is -0.140. The first kappa shape index (κ1) is 23.0. The van der Waals surface area contributed by atoms with E-state index in [9.17, 15) is 14.7 Å². The number of hydrogen-bond acceptors (Lipinski definition) is 6. The second-order valence-electron chi connectivity index (χ2n) is 8.13. The Morgan fingerprint density at radius 3 is 2.35 bits per heavy atom. The van der Waals surface area contributed by atoms with Gasteiger partial charge in [0.05, 0.1) is 32.0 Å². The molecular weight excluding hydrogens is 432 g/mol. The number of nitrogens with zero attached hydrogens (tertiary/aromatic N) is 2. The van der Waals surface area contributed by atoms with E-state index in [1.807, 2.05) is 32.0 Å². The van der Waals surface area contributed by atoms with Gasteiger partial charge in [0, 0.05) is 17.3 Å². The number of methoxy groups -OCH3 is 2. The molecule has 1 N–H and O–H groups in total. The summed E-state index contributed by atoms with van der Waals surface area (Å²) in [6.45, 7) is 3.79. The second kappa shape index (κ2) is 9.39. The number of benzene rings is 2. The van der Waals surface area contributed by atoms with Gasteiger partial charge < -0.3 is 19.5 Å². The summed E-state index contributed by atoms with van der Waals surface area (Å²) in [5.74, 6) is -0.417. The van der Waals surface area contributed by atoms with Crippen LogP contribution >= 0.6 is 0 Å². The number of hydrogen-bond donors (Lipinski definition) is 1. The first-order valence-electron chi connectivity index (χ1n) is 10.8. The zero-order valence-corrected chi connectivity index (χ0v) is 19.5. The Balaban J connectivity index is 1.89. The number of ketones is 1. The van der Waals surface area contributed by atoms with Gasteiger partial charge in [0.1, 0.15) is 23.3 Å². The molecular formula is C27H26N2O5. The van der Waals surface area contributed by atoms with Crippen LogP contribution in [0.15, 0.2) is 66.4 Å². The van der Waals surface area contributed by atoms with Crippen molar-refractivity contribution in [3.63, 3.8) is 0 Å². The topological polar surface area (TPSA) is 89.0 Å². The van der Waals surface area contributed by atoms with E-state index in [0.29, 0.717) is 22.8 Å². The molecule has 1 amide bonds. The van der Waals surface area contributed by atoms with Crippen LogP contribution in [0.4, 0.5) is 0 Å². The minimum atomic E-state index is -0.854. The van der Waals surface area contributed by atoms with Crippen LogP contribution < -0.4 is 9.47 Å². The van der Waals surface area contributed by atoms with Crippen LogP contribution in [-0.2, 0) is 16.1 Å². The summed E-state index contributed by atoms with van der Waals surface area (Å²) < 4.78 is 10.8. The van der Waals surface area contributed by atoms with Gasteiger partial charge in [-0.3, -0.25) is 14.6 Å². The van der Waals surface area contributed by atoms with E-state index >= 15 is 0 Å². The van der Waals surface area contributed by atoms with Gasteiger partial charge in [-0.25, -0.2) is 0 Å². The number of aromatic nitrogens is 1. The maximum absolute atomic E-state index is 13.3. The highest BCUT2D eigenvalue weighted by molar-refractivity contribution is 6.46. The SMILES string of the molecule is COc1cc(C)c(/C(O)=C2\C(=O)C(=O)N(Cc3ccccc3OC)C2c2ccccn2)cc1C. The highest BCUT2D eigenvalue weighted by Gasteiger charge is 2.47. The molecule has 1 fully saturated rings. The third kappa shape index (κ3) is 4.01. The standard InChI is InChI=1S/C27H26N2O5/c1-16-14-22(34-4)17(2)13-19(16)25(30)23-24(20-10-7-8-12-28-20)29(27(32)26(23)31)15-18-9-5-6-11-21(18)33-3/h5-14,24,30H,15H2,1-4H3/b25-23+. The number of carbonyl (C=O) groups is 2. The number of ether oxygens (including phenoxy) is 2. The Morgan fingerprint density at radius 2 is 1.68 bits per heavy atom. The number of Topliss-reactive ketones (excluding diaryl/α,β-unsaturated/α-hetero) is 1. The molecule has 0 bridgehead atoms. The van der Waals surface area contributed by atoms with E-state index in [2.05, 4.69) is 4.98 Å². The van der Waals surface area contributed by atoms with Crippen molar-refractivity contribution in [2.45, 2.75) is 26.4 Å². The van der Waals surface area contributed by atoms with E-state index in [1.165, 1.54) is 4.90 Å². The fourth-order valence-corrected chi connectivity index (χ4v) is 4.32. The number of aliphatic hydroxyl groups excluding tert-OH is 1. The summed E-state index contributed by atoms with van der Waals surface area (Å²) in [6, 6.07) is 15.3. The van der Waals surface area contributed by atoms with Gasteiger partial charge in [0.25, 0.3) is 11.7 Å². The number of rotatable bonds is 6. The molecule has 34 heavy (non-hydrogen) atoms. The van der Waals surface area contributed by atoms with Gasteiger partial charge in [0.15, 0.2) is 0 Å². The van der Waals surface area contributed by atoms with Gasteiger partial charge in [-0.2, -0.15) is 0 Å². The molecule has 2 aromatic carbocycles. The average Bonchev–Trinajstić information content (AvgIpc) is 3.10. The van der Waals surface area contributed by atoms with Gasteiger partial charge in [-0.15, -0.1) is 0 Å². The van der Waals surface area contributed by atoms with Crippen LogP contribution in [0.5, 0.6) is 11.5 Å². The number of aliphatic hydroxyl groups is 1. The van der Waals surface area contributed by atoms with E-state index in [0.717, 1.165) is 16.7 Å². The number of aryl methyl sites for hydroxylation is 2. The Labute approximate surface area is 198 Å². The van der Waals surface area contributed by atoms with Gasteiger partial charge in [-0.1, -0.05) is 24.3 Å². The molecule has 1 aliphatic heterocycles. The van der Waals surface area contributed by atoms with Crippen molar-refractivity contribution in [3.8, 4) is 11.5 Å². The highest BCUT2D eigenvalue weighted by Crippen LogP contribution is 2.41. The summed E-state index contributed by atoms with van der Waals surface area (Å²) in [5.41, 5.74) is 3.22. The Kier molecular flexibility index (Phi) is 6.36. The molecule has 1 aromatic heterocycles. The fraction of sp³-hybridized carbons (Fsp3) is 0.222. The maximum Gasteiger partial charge on any atom is 0.296 e. The molecule has 174 valence electrons. The average molecular weight is 459 g/mol. The number of amides is 1. The monoisotopic (exact) mass is 458 g/mol. The summed E-state index contributed by atoms with van der Waals surface area (Å²) in [7, 11) is 3.13. The third-order valence-corrected chi connectivity index (χ3v) is 6.04. The van der Waals surface area contributed by atoms with Gasteiger partial charge in [0.2, 0.25) is 0 Å². The minimum Gasteiger partial charge on any atom is -0.507 e. The lowest BCUT2D eigenvalue weighted by Gasteiger charge is -2.25. The lowest BCUT2D eigenvalue weighted by atomic mass is 9.95. The molecule has 1 saturated heterocycles. The predicted octanol–water partition coefficient (Wildman–Crippen LogP) is 4.34. The van der Waals surface area contributed by atoms with Crippen LogP contribution in [0.25, 0.3) is 5.76 Å². The summed E-state index contributed by atoms with van der Waals surface area (Å²) in [4.78, 5) is 32.4. The van der Waals surface area contributed by atoms with Crippen LogP contribution in [-0.4, -0.2) is 40.9 Å². The van der Waals surface area contributed by atoms with Crippen LogP contribution in [0, 0.1) is 13.8 Å². The lowest BCUT2D eigenvalue weighted by Crippen LogP contribution is -2.29. The van der Waals surface area contributed by atoms with Crippen molar-refractivity contribution in [2.75, 3.05) is 14.2 Å². The molecule has 0 radical (unpaired) electrons. The predicted molar refractivity (Wildman–Crippen MR) is 128 cm³/mol. The highest BCUT2D eigenvalue weighted by atomic mass is 16.5. The van der Waals surface area contributed by atoms with Crippen LogP contribution in [0.2, 0.25) is 0 Å². The molecule has 1 aliphatic rings. The normalized spacial score (nSPS) is 17.2. The van der Waals surface area contributed by atoms with E-state index in [4.69, 9.17) is 9.47 Å². The number of para-hydroxylation sites is 1. The molecule has 1 atom stereocenters. The third-order valence-electron chi connectivity index (χ3n) is 6.04. The molecule has 7 nitrogen and oxygen atoms in total. The largest absolute Gasteiger partial charge is 0.507 e. The van der Waals surface area contributed by atoms with Crippen molar-refractivity contribution in [2.24, 2.45) is 0 Å². The van der Waals surface area contributed by atoms with Gasteiger partial charge in [-0.05, 0) is 55.3 Å². The first-order valence-corrected chi connectivity index (χ1v) is 10.8. The van der Waals surface area contributed by atoms with Gasteiger partial charge >= 0.3 is 0 Å². The molecule has 7 heteroatoms. The summed E-state index contributed by atoms with van der Waals surface area (Å²) in [5, 5.41) is 11.4. The summed E-state index contributed by atoms with van der Waals surface area (Å²) >= 11 is 0. The Hall–Kier alpha value is -4.13. The van der Waals surface area contributed by atoms with Crippen molar-refractivity contribution in [1.29, 1.82) is 0 Å². The zero-order valence-electron chi connectivity index (χ0n) is 19.5. The second-order valence-corrected chi connectivity index (χ2v) is 8.13. The number of pyridine rings is 1. The van der Waals surface area contributed by atoms with Crippen molar-refractivity contribution in [3.05, 3.63) is 94.3 Å². The van der Waals surface area contributed by atoms with Crippen LogP contribution in [0.1, 0.15) is 34.0 Å². The molecule has 2 heterocycles. The maximum atomic E-state index is 13.3. The summed E-state index contributed by atoms with van der Waals surface area (Å²) in [6.07, 6.45) is 1.60. The minimum absolute atomic E-state index is 0.00580. The van der Waals surface area contributed by atoms with E-state index < -0.39 is 17.7 Å². The van der Waals surface area contributed by atoms with Crippen molar-refractivity contribution >= 4 is 17.4 Å². The van der Waals surface area contributed by atoms with Crippen molar-refractivity contribution < 1.29 is 24.2 Å². The molecule has 4 rings (SSSR count). The fourth-order valence-electron chi connectivity index (χ4n) is 4.32. The quantitative estimate of drug-likeness (QED) is 0.336. The van der Waals surface area contributed by atoms with Crippen molar-refractivity contribution in [1.82, 2.24) is 9.88 Å². The number of likely N-dealkylation sites (tertiary alicyclic amines) is 1. The Bertz CT molecular complexity index is 1280. The molecule has 0 saturated carbocycles. The number of carbonyl (C=O) groups excluding carboxylic acids is 2. The molecule has 0 aliphatic carbocycles. The smallest absolute Gasteiger partial charge is 0.296 e. The van der Waals surface area contributed by atoms with E-state index in [1.54, 1.807) is 56.8 Å². The molecule has 0 spiro atoms. The zero-order chi connectivity index (χ0) is 24.4. The first-order chi connectivity index (χ1) is 16.4. The van der Waals surface area contributed by atoms with E-state index in [-0.39, 0.29) is 17.9 Å². The Morgan fingerprint density at radius 1 is 0.971 bits per heavy atom. The van der Waals surface area contributed by atoms with Crippen LogP contribution in [0.3, 0.4) is 0 Å². The molecule has 1 unspecified atom stereocenters. The molecule has 3 aromatic rings.